The lowest BCUT2D eigenvalue weighted by Gasteiger charge is -2.09. The molecule has 0 saturated heterocycles. The van der Waals surface area contributed by atoms with Crippen molar-refractivity contribution < 1.29 is 15.2 Å². The van der Waals surface area contributed by atoms with E-state index in [1.165, 1.54) is 0 Å². The van der Waals surface area contributed by atoms with Crippen LogP contribution >= 0.6 is 0 Å². The molecule has 1 rings (SSSR count). The van der Waals surface area contributed by atoms with Gasteiger partial charge in [-0.15, -0.1) is 0 Å². The fraction of sp³-hybridized carbons (Fsp3) is 0.500. The average Bonchev–Trinajstić information content (AvgIpc) is 2.30. The van der Waals surface area contributed by atoms with Gasteiger partial charge in [0.15, 0.2) is 0 Å². The van der Waals surface area contributed by atoms with Gasteiger partial charge >= 0.3 is 0 Å². The van der Waals surface area contributed by atoms with Crippen LogP contribution in [0.2, 0.25) is 0 Å². The fourth-order valence-corrected chi connectivity index (χ4v) is 1.46. The number of methoxy groups -OCH3 is 1. The second-order valence-electron chi connectivity index (χ2n) is 3.59. The van der Waals surface area contributed by atoms with Crippen LogP contribution in [0.3, 0.4) is 0 Å². The smallest absolute Gasteiger partial charge is 0.128 e. The van der Waals surface area contributed by atoms with Crippen LogP contribution < -0.4 is 5.32 Å². The molecular weight excluding hydrogens is 190 g/mol. The molecule has 0 aliphatic rings. The highest BCUT2D eigenvalue weighted by Crippen LogP contribution is 2.08. The van der Waals surface area contributed by atoms with E-state index in [9.17, 15) is 5.11 Å². The first-order valence-electron chi connectivity index (χ1n) is 5.38. The van der Waals surface area contributed by atoms with Crippen LogP contribution in [0, 0.1) is 0 Å². The molecule has 1 atom stereocenters. The Hall–Kier alpha value is -0.900. The minimum atomic E-state index is -0.367. The molecule has 0 fully saturated rings. The van der Waals surface area contributed by atoms with Gasteiger partial charge < -0.3 is 15.2 Å². The molecule has 15 heavy (non-hydrogen) atoms. The van der Waals surface area contributed by atoms with Crippen molar-refractivity contribution in [3.05, 3.63) is 35.9 Å². The summed E-state index contributed by atoms with van der Waals surface area (Å²) < 4.78 is 4.95. The van der Waals surface area contributed by atoms with Gasteiger partial charge in [-0.2, -0.15) is 0 Å². The van der Waals surface area contributed by atoms with Crippen LogP contribution in [0.4, 0.5) is 0 Å². The van der Waals surface area contributed by atoms with Gasteiger partial charge in [-0.3, -0.25) is 0 Å². The molecule has 84 valence electrons. The second-order valence-corrected chi connectivity index (χ2v) is 3.59. The van der Waals surface area contributed by atoms with E-state index in [0.717, 1.165) is 25.1 Å². The SMILES string of the molecule is COCCC[NH2+]C[C@H](O)c1ccccc1. The van der Waals surface area contributed by atoms with Gasteiger partial charge in [0.05, 0.1) is 13.2 Å². The summed E-state index contributed by atoms with van der Waals surface area (Å²) >= 11 is 0. The molecule has 0 amide bonds. The van der Waals surface area contributed by atoms with E-state index >= 15 is 0 Å². The first kappa shape index (κ1) is 12.2. The predicted octanol–water partition coefficient (Wildman–Crippen LogP) is 0.320. The Morgan fingerprint density at radius 3 is 2.73 bits per heavy atom. The quantitative estimate of drug-likeness (QED) is 0.637. The largest absolute Gasteiger partial charge is 0.384 e. The van der Waals surface area contributed by atoms with E-state index in [0.29, 0.717) is 6.54 Å². The standard InChI is InChI=1S/C12H19NO2/c1-15-9-5-8-13-10-12(14)11-6-3-2-4-7-11/h2-4,6-7,12-14H,5,8-10H2,1H3/p+1/t12-/m0/s1. The van der Waals surface area contributed by atoms with Gasteiger partial charge in [0.2, 0.25) is 0 Å². The molecule has 0 aliphatic heterocycles. The Bertz CT molecular complexity index is 251. The summed E-state index contributed by atoms with van der Waals surface area (Å²) in [6.07, 6.45) is 0.659. The number of quaternary nitrogens is 1. The summed E-state index contributed by atoms with van der Waals surface area (Å²) in [4.78, 5) is 0. The molecule has 0 spiro atoms. The lowest BCUT2D eigenvalue weighted by atomic mass is 10.1. The van der Waals surface area contributed by atoms with Crippen LogP contribution in [0.15, 0.2) is 30.3 Å². The number of benzene rings is 1. The molecule has 0 saturated carbocycles. The van der Waals surface area contributed by atoms with E-state index in [1.807, 2.05) is 30.3 Å². The van der Waals surface area contributed by atoms with E-state index in [1.54, 1.807) is 7.11 Å². The van der Waals surface area contributed by atoms with Gasteiger partial charge in [0.1, 0.15) is 12.6 Å². The number of hydrogen-bond acceptors (Lipinski definition) is 2. The summed E-state index contributed by atoms with van der Waals surface area (Å²) in [6.45, 7) is 2.50. The van der Waals surface area contributed by atoms with E-state index in [4.69, 9.17) is 4.74 Å². The number of ether oxygens (including phenoxy) is 1. The number of nitrogens with two attached hydrogens (primary N) is 1. The molecule has 0 unspecified atom stereocenters. The maximum atomic E-state index is 9.81. The number of aliphatic hydroxyl groups excluding tert-OH is 1. The monoisotopic (exact) mass is 210 g/mol. The third kappa shape index (κ3) is 4.93. The number of aliphatic hydroxyl groups is 1. The Morgan fingerprint density at radius 1 is 1.33 bits per heavy atom. The highest BCUT2D eigenvalue weighted by atomic mass is 16.5. The maximum Gasteiger partial charge on any atom is 0.128 e. The zero-order valence-electron chi connectivity index (χ0n) is 9.23. The van der Waals surface area contributed by atoms with Crippen LogP contribution in [0.1, 0.15) is 18.1 Å². The lowest BCUT2D eigenvalue weighted by Crippen LogP contribution is -2.85. The maximum absolute atomic E-state index is 9.81. The molecule has 0 aliphatic carbocycles. The van der Waals surface area contributed by atoms with E-state index < -0.39 is 0 Å². The van der Waals surface area contributed by atoms with Crippen molar-refractivity contribution in [2.24, 2.45) is 0 Å². The summed E-state index contributed by atoms with van der Waals surface area (Å²) in [5.74, 6) is 0. The summed E-state index contributed by atoms with van der Waals surface area (Å²) in [5, 5.41) is 11.9. The summed E-state index contributed by atoms with van der Waals surface area (Å²) in [6, 6.07) is 9.76. The molecule has 1 aromatic rings. The predicted molar refractivity (Wildman–Crippen MR) is 59.6 cm³/mol. The molecule has 0 radical (unpaired) electrons. The van der Waals surface area contributed by atoms with Gasteiger partial charge in [-0.05, 0) is 5.56 Å². The zero-order valence-corrected chi connectivity index (χ0v) is 9.23. The minimum Gasteiger partial charge on any atom is -0.384 e. The topological polar surface area (TPSA) is 46.1 Å². The van der Waals surface area contributed by atoms with Crippen LogP contribution in [0.25, 0.3) is 0 Å². The summed E-state index contributed by atoms with van der Waals surface area (Å²) in [5.41, 5.74) is 0.987. The molecule has 0 aromatic heterocycles. The number of rotatable bonds is 7. The zero-order chi connectivity index (χ0) is 10.9. The average molecular weight is 210 g/mol. The molecule has 0 bridgehead atoms. The first-order valence-corrected chi connectivity index (χ1v) is 5.38. The van der Waals surface area contributed by atoms with Gasteiger partial charge in [-0.25, -0.2) is 0 Å². The Morgan fingerprint density at radius 2 is 2.07 bits per heavy atom. The highest BCUT2D eigenvalue weighted by Gasteiger charge is 2.07. The molecular formula is C12H20NO2+. The Labute approximate surface area is 91.1 Å². The third-order valence-corrected chi connectivity index (χ3v) is 2.33. The third-order valence-electron chi connectivity index (χ3n) is 2.33. The van der Waals surface area contributed by atoms with Crippen molar-refractivity contribution in [3.63, 3.8) is 0 Å². The molecule has 1 aromatic carbocycles. The summed E-state index contributed by atoms with van der Waals surface area (Å²) in [7, 11) is 1.71. The highest BCUT2D eigenvalue weighted by molar-refractivity contribution is 5.16. The van der Waals surface area contributed by atoms with E-state index in [-0.39, 0.29) is 6.10 Å². The Kier molecular flexibility index (Phi) is 6.00. The molecule has 0 heterocycles. The minimum absolute atomic E-state index is 0.367. The van der Waals surface area contributed by atoms with Crippen LogP contribution in [0.5, 0.6) is 0 Å². The van der Waals surface area contributed by atoms with Crippen molar-refractivity contribution in [1.82, 2.24) is 0 Å². The normalized spacial score (nSPS) is 12.7. The lowest BCUT2D eigenvalue weighted by molar-refractivity contribution is -0.662. The van der Waals surface area contributed by atoms with Crippen molar-refractivity contribution in [2.45, 2.75) is 12.5 Å². The van der Waals surface area contributed by atoms with Gasteiger partial charge in [-0.1, -0.05) is 30.3 Å². The van der Waals surface area contributed by atoms with Crippen molar-refractivity contribution in [2.75, 3.05) is 26.8 Å². The van der Waals surface area contributed by atoms with Gasteiger partial charge in [0.25, 0.3) is 0 Å². The molecule has 3 nitrogen and oxygen atoms in total. The van der Waals surface area contributed by atoms with Crippen molar-refractivity contribution in [1.29, 1.82) is 0 Å². The van der Waals surface area contributed by atoms with Crippen molar-refractivity contribution >= 4 is 0 Å². The second kappa shape index (κ2) is 7.40. The number of hydrogen-bond donors (Lipinski definition) is 2. The fourth-order valence-electron chi connectivity index (χ4n) is 1.46. The van der Waals surface area contributed by atoms with Crippen molar-refractivity contribution in [3.8, 4) is 0 Å². The molecule has 3 heteroatoms. The van der Waals surface area contributed by atoms with Crippen LogP contribution in [-0.2, 0) is 4.74 Å². The van der Waals surface area contributed by atoms with Gasteiger partial charge in [0, 0.05) is 13.5 Å². The van der Waals surface area contributed by atoms with Crippen LogP contribution in [-0.4, -0.2) is 31.9 Å². The van der Waals surface area contributed by atoms with E-state index in [2.05, 4.69) is 5.32 Å². The Balaban J connectivity index is 2.16. The first-order chi connectivity index (χ1) is 7.34. The molecule has 3 N–H and O–H groups in total.